The van der Waals surface area contributed by atoms with Crippen LogP contribution in [0, 0.1) is 5.92 Å². The first kappa shape index (κ1) is 21.9. The largest absolute Gasteiger partial charge is 0.497 e. The molecule has 1 aromatic carbocycles. The number of imide groups is 2. The first-order valence-electron chi connectivity index (χ1n) is 8.90. The molecule has 1 N–H and O–H groups in total. The van der Waals surface area contributed by atoms with Crippen molar-refractivity contribution in [3.8, 4) is 5.75 Å². The van der Waals surface area contributed by atoms with Crippen LogP contribution in [0.25, 0.3) is 0 Å². The SMILES string of the molecule is COC(=O)[C@H](CC(C)C)NC(=O)CN1C(=O)C(=O)N(c2ccc(OC)cc2)C1=O. The molecule has 156 valence electrons. The molecule has 2 rings (SSSR count). The number of nitrogens with one attached hydrogen (secondary N) is 1. The number of hydrogen-bond donors (Lipinski definition) is 1. The number of benzene rings is 1. The lowest BCUT2D eigenvalue weighted by Crippen LogP contribution is -2.48. The summed E-state index contributed by atoms with van der Waals surface area (Å²) in [6, 6.07) is 4.08. The fourth-order valence-electron chi connectivity index (χ4n) is 2.82. The van der Waals surface area contributed by atoms with Crippen LogP contribution in [0.15, 0.2) is 24.3 Å². The summed E-state index contributed by atoms with van der Waals surface area (Å²) in [5, 5.41) is 2.45. The van der Waals surface area contributed by atoms with Crippen molar-refractivity contribution in [1.29, 1.82) is 0 Å². The molecule has 1 aliphatic rings. The molecule has 1 aliphatic heterocycles. The summed E-state index contributed by atoms with van der Waals surface area (Å²) in [6.07, 6.45) is 0.317. The van der Waals surface area contributed by atoms with Crippen LogP contribution >= 0.6 is 0 Å². The van der Waals surface area contributed by atoms with Gasteiger partial charge in [-0.2, -0.15) is 0 Å². The summed E-state index contributed by atoms with van der Waals surface area (Å²) in [5.41, 5.74) is 0.171. The van der Waals surface area contributed by atoms with E-state index in [0.717, 1.165) is 0 Å². The van der Waals surface area contributed by atoms with Crippen molar-refractivity contribution in [3.63, 3.8) is 0 Å². The van der Waals surface area contributed by atoms with Crippen LogP contribution in [-0.2, 0) is 23.9 Å². The van der Waals surface area contributed by atoms with E-state index in [9.17, 15) is 24.0 Å². The molecule has 0 aromatic heterocycles. The van der Waals surface area contributed by atoms with E-state index in [2.05, 4.69) is 10.1 Å². The van der Waals surface area contributed by atoms with E-state index < -0.39 is 42.3 Å². The number of ether oxygens (including phenoxy) is 2. The predicted octanol–water partition coefficient (Wildman–Crippen LogP) is 0.694. The lowest BCUT2D eigenvalue weighted by atomic mass is 10.0. The standard InChI is InChI=1S/C19H23N3O7/c1-11(2)9-14(18(26)29-4)20-15(23)10-21-16(24)17(25)22(19(21)27)12-5-7-13(28-3)8-6-12/h5-8,11,14H,9-10H2,1-4H3,(H,20,23)/t14-/m0/s1. The monoisotopic (exact) mass is 405 g/mol. The third-order valence-corrected chi connectivity index (χ3v) is 4.21. The van der Waals surface area contributed by atoms with E-state index in [1.165, 1.54) is 38.5 Å². The van der Waals surface area contributed by atoms with Crippen LogP contribution in [0.4, 0.5) is 10.5 Å². The lowest BCUT2D eigenvalue weighted by Gasteiger charge is -2.20. The first-order valence-corrected chi connectivity index (χ1v) is 8.90. The summed E-state index contributed by atoms with van der Waals surface area (Å²) in [5.74, 6) is -3.00. The highest BCUT2D eigenvalue weighted by atomic mass is 16.5. The number of carbonyl (C=O) groups excluding carboxylic acids is 5. The van der Waals surface area contributed by atoms with E-state index in [1.807, 2.05) is 13.8 Å². The fraction of sp³-hybridized carbons (Fsp3) is 0.421. The van der Waals surface area contributed by atoms with Crippen molar-refractivity contribution in [2.24, 2.45) is 5.92 Å². The average molecular weight is 405 g/mol. The number of anilines is 1. The van der Waals surface area contributed by atoms with Gasteiger partial charge in [0.05, 0.1) is 19.9 Å². The van der Waals surface area contributed by atoms with Gasteiger partial charge in [0.1, 0.15) is 18.3 Å². The van der Waals surface area contributed by atoms with Gasteiger partial charge in [-0.1, -0.05) is 13.8 Å². The Morgan fingerprint density at radius 3 is 2.17 bits per heavy atom. The van der Waals surface area contributed by atoms with Crippen LogP contribution < -0.4 is 15.0 Å². The summed E-state index contributed by atoms with van der Waals surface area (Å²) in [7, 11) is 2.66. The van der Waals surface area contributed by atoms with E-state index in [1.54, 1.807) is 0 Å². The Bertz CT molecular complexity index is 820. The first-order chi connectivity index (χ1) is 13.7. The molecule has 0 saturated carbocycles. The summed E-state index contributed by atoms with van der Waals surface area (Å²) >= 11 is 0. The van der Waals surface area contributed by atoms with Crippen molar-refractivity contribution >= 4 is 35.4 Å². The number of amides is 5. The zero-order valence-corrected chi connectivity index (χ0v) is 16.6. The zero-order valence-electron chi connectivity index (χ0n) is 16.6. The molecular weight excluding hydrogens is 382 g/mol. The summed E-state index contributed by atoms with van der Waals surface area (Å²) in [4.78, 5) is 62.4. The van der Waals surface area contributed by atoms with Gasteiger partial charge < -0.3 is 14.8 Å². The van der Waals surface area contributed by atoms with Crippen molar-refractivity contribution < 1.29 is 33.4 Å². The Hall–Kier alpha value is -3.43. The number of hydrogen-bond acceptors (Lipinski definition) is 7. The number of esters is 1. The Morgan fingerprint density at radius 1 is 1.03 bits per heavy atom. The molecule has 1 aromatic rings. The highest BCUT2D eigenvalue weighted by molar-refractivity contribution is 6.53. The van der Waals surface area contributed by atoms with Gasteiger partial charge in [-0.3, -0.25) is 14.4 Å². The number of urea groups is 1. The van der Waals surface area contributed by atoms with E-state index >= 15 is 0 Å². The van der Waals surface area contributed by atoms with Gasteiger partial charge in [0.2, 0.25) is 5.91 Å². The number of methoxy groups -OCH3 is 2. The number of nitrogens with zero attached hydrogens (tertiary/aromatic N) is 2. The molecule has 1 saturated heterocycles. The topological polar surface area (TPSA) is 122 Å². The van der Waals surface area contributed by atoms with Gasteiger partial charge in [-0.15, -0.1) is 0 Å². The second-order valence-corrected chi connectivity index (χ2v) is 6.79. The maximum Gasteiger partial charge on any atom is 0.339 e. The van der Waals surface area contributed by atoms with Crippen molar-refractivity contribution in [2.75, 3.05) is 25.7 Å². The quantitative estimate of drug-likeness (QED) is 0.384. The van der Waals surface area contributed by atoms with Crippen molar-refractivity contribution in [2.45, 2.75) is 26.3 Å². The second kappa shape index (κ2) is 9.18. The lowest BCUT2D eigenvalue weighted by molar-refractivity contribution is -0.146. The van der Waals surface area contributed by atoms with Crippen molar-refractivity contribution in [3.05, 3.63) is 24.3 Å². The summed E-state index contributed by atoms with van der Waals surface area (Å²) in [6.45, 7) is 3.03. The Morgan fingerprint density at radius 2 is 1.66 bits per heavy atom. The minimum atomic E-state index is -1.13. The van der Waals surface area contributed by atoms with Gasteiger partial charge in [0.25, 0.3) is 0 Å². The minimum absolute atomic E-state index is 0.0848. The smallest absolute Gasteiger partial charge is 0.339 e. The fourth-order valence-corrected chi connectivity index (χ4v) is 2.82. The minimum Gasteiger partial charge on any atom is -0.497 e. The third kappa shape index (κ3) is 4.89. The van der Waals surface area contributed by atoms with Crippen LogP contribution in [-0.4, -0.2) is 61.4 Å². The summed E-state index contributed by atoms with van der Waals surface area (Å²) < 4.78 is 9.68. The second-order valence-electron chi connectivity index (χ2n) is 6.79. The molecule has 0 spiro atoms. The predicted molar refractivity (Wildman–Crippen MR) is 101 cm³/mol. The molecule has 1 heterocycles. The number of rotatable bonds is 8. The highest BCUT2D eigenvalue weighted by Gasteiger charge is 2.46. The molecule has 10 nitrogen and oxygen atoms in total. The van der Waals surface area contributed by atoms with Crippen molar-refractivity contribution in [1.82, 2.24) is 10.2 Å². The van der Waals surface area contributed by atoms with E-state index in [-0.39, 0.29) is 11.6 Å². The molecule has 1 fully saturated rings. The molecule has 10 heteroatoms. The van der Waals surface area contributed by atoms with E-state index in [4.69, 9.17) is 4.74 Å². The van der Waals surface area contributed by atoms with Gasteiger partial charge in [-0.05, 0) is 36.6 Å². The van der Waals surface area contributed by atoms with Crippen LogP contribution in [0.1, 0.15) is 20.3 Å². The Labute approximate surface area is 167 Å². The molecule has 0 bridgehead atoms. The zero-order chi connectivity index (χ0) is 21.7. The van der Waals surface area contributed by atoms with Crippen LogP contribution in [0.2, 0.25) is 0 Å². The molecule has 1 atom stereocenters. The highest BCUT2D eigenvalue weighted by Crippen LogP contribution is 2.24. The average Bonchev–Trinajstić information content (AvgIpc) is 2.90. The van der Waals surface area contributed by atoms with Gasteiger partial charge in [-0.25, -0.2) is 19.4 Å². The van der Waals surface area contributed by atoms with Gasteiger partial charge in [0.15, 0.2) is 0 Å². The molecule has 0 radical (unpaired) electrons. The molecular formula is C19H23N3O7. The van der Waals surface area contributed by atoms with Gasteiger partial charge in [0, 0.05) is 0 Å². The van der Waals surface area contributed by atoms with Gasteiger partial charge >= 0.3 is 23.8 Å². The third-order valence-electron chi connectivity index (χ3n) is 4.21. The Balaban J connectivity index is 2.12. The van der Waals surface area contributed by atoms with E-state index in [0.29, 0.717) is 22.0 Å². The van der Waals surface area contributed by atoms with Crippen LogP contribution in [0.5, 0.6) is 5.75 Å². The Kier molecular flexibility index (Phi) is 6.92. The maximum absolute atomic E-state index is 12.6. The molecule has 0 aliphatic carbocycles. The normalized spacial score (nSPS) is 15.0. The maximum atomic E-state index is 12.6. The molecule has 0 unspecified atom stereocenters. The molecule has 5 amide bonds. The number of carbonyl (C=O) groups is 5. The molecule has 29 heavy (non-hydrogen) atoms. The van der Waals surface area contributed by atoms with Crippen LogP contribution in [0.3, 0.4) is 0 Å².